The van der Waals surface area contributed by atoms with Crippen LogP contribution in [0.5, 0.6) is 0 Å². The molecule has 0 aliphatic carbocycles. The number of ether oxygens (including phenoxy) is 1. The minimum absolute atomic E-state index is 0.268. The number of pyridine rings is 1. The monoisotopic (exact) mass is 202 g/mol. The van der Waals surface area contributed by atoms with E-state index in [0.29, 0.717) is 16.7 Å². The zero-order valence-electron chi connectivity index (χ0n) is 8.57. The zero-order valence-corrected chi connectivity index (χ0v) is 8.57. The van der Waals surface area contributed by atoms with Crippen LogP contribution in [-0.2, 0) is 4.74 Å². The van der Waals surface area contributed by atoms with Crippen molar-refractivity contribution in [3.8, 4) is 6.07 Å². The molecule has 0 fully saturated rings. The first-order chi connectivity index (χ1) is 7.11. The van der Waals surface area contributed by atoms with E-state index in [4.69, 9.17) is 5.26 Å². The van der Waals surface area contributed by atoms with Gasteiger partial charge in [0.15, 0.2) is 0 Å². The number of methoxy groups -OCH3 is 1. The summed E-state index contributed by atoms with van der Waals surface area (Å²) in [5.74, 6) is -0.516. The van der Waals surface area contributed by atoms with Crippen LogP contribution in [-0.4, -0.2) is 18.1 Å². The second kappa shape index (κ2) is 4.38. The predicted molar refractivity (Wildman–Crippen MR) is 55.0 cm³/mol. The van der Waals surface area contributed by atoms with E-state index in [2.05, 4.69) is 16.3 Å². The molecule has 1 rings (SSSR count). The molecule has 0 N–H and O–H groups in total. The Kier molecular flexibility index (Phi) is 3.19. The van der Waals surface area contributed by atoms with Crippen LogP contribution >= 0.6 is 0 Å². The first-order valence-corrected chi connectivity index (χ1v) is 4.24. The quantitative estimate of drug-likeness (QED) is 0.685. The molecule has 0 bridgehead atoms. The molecule has 4 nitrogen and oxygen atoms in total. The summed E-state index contributed by atoms with van der Waals surface area (Å²) in [5.41, 5.74) is 1.73. The van der Waals surface area contributed by atoms with E-state index in [1.54, 1.807) is 6.92 Å². The van der Waals surface area contributed by atoms with Crippen LogP contribution in [0.25, 0.3) is 5.57 Å². The molecule has 0 radical (unpaired) electrons. The number of hydrogen-bond acceptors (Lipinski definition) is 4. The van der Waals surface area contributed by atoms with Gasteiger partial charge in [-0.3, -0.25) is 4.98 Å². The number of nitrogens with zero attached hydrogens (tertiary/aromatic N) is 2. The fraction of sp³-hybridized carbons (Fsp3) is 0.182. The van der Waals surface area contributed by atoms with Crippen LogP contribution in [0.3, 0.4) is 0 Å². The molecule has 0 saturated heterocycles. The van der Waals surface area contributed by atoms with Crippen molar-refractivity contribution in [3.05, 3.63) is 35.7 Å². The third-order valence-corrected chi connectivity index (χ3v) is 1.90. The van der Waals surface area contributed by atoms with Gasteiger partial charge in [-0.15, -0.1) is 0 Å². The Bertz CT molecular complexity index is 458. The maximum atomic E-state index is 11.4. The number of rotatable bonds is 2. The lowest BCUT2D eigenvalue weighted by atomic mass is 9.99. The molecular weight excluding hydrogens is 192 g/mol. The topological polar surface area (TPSA) is 63.0 Å². The molecule has 0 aliphatic heterocycles. The number of allylic oxidation sites excluding steroid dienone is 1. The van der Waals surface area contributed by atoms with Crippen LogP contribution in [0, 0.1) is 11.3 Å². The van der Waals surface area contributed by atoms with Gasteiger partial charge < -0.3 is 4.74 Å². The van der Waals surface area contributed by atoms with Crippen molar-refractivity contribution in [2.45, 2.75) is 6.92 Å². The zero-order chi connectivity index (χ0) is 11.4. The molecule has 0 aliphatic rings. The highest BCUT2D eigenvalue weighted by molar-refractivity contribution is 5.95. The van der Waals surface area contributed by atoms with Crippen LogP contribution < -0.4 is 0 Å². The molecule has 1 aromatic rings. The third kappa shape index (κ3) is 2.02. The maximum absolute atomic E-state index is 11.4. The van der Waals surface area contributed by atoms with Crippen molar-refractivity contribution >= 4 is 11.5 Å². The Morgan fingerprint density at radius 3 is 2.73 bits per heavy atom. The smallest absolute Gasteiger partial charge is 0.340 e. The Morgan fingerprint density at radius 2 is 2.27 bits per heavy atom. The second-order valence-corrected chi connectivity index (χ2v) is 2.99. The fourth-order valence-corrected chi connectivity index (χ4v) is 1.27. The molecule has 0 spiro atoms. The van der Waals surface area contributed by atoms with Gasteiger partial charge in [0.2, 0.25) is 0 Å². The molecule has 0 atom stereocenters. The summed E-state index contributed by atoms with van der Waals surface area (Å²) >= 11 is 0. The summed E-state index contributed by atoms with van der Waals surface area (Å²) < 4.78 is 4.60. The Labute approximate surface area is 87.8 Å². The van der Waals surface area contributed by atoms with E-state index in [1.165, 1.54) is 19.5 Å². The van der Waals surface area contributed by atoms with Gasteiger partial charge >= 0.3 is 5.97 Å². The number of carbonyl (C=O) groups is 1. The van der Waals surface area contributed by atoms with Gasteiger partial charge in [-0.05, 0) is 12.5 Å². The first kappa shape index (κ1) is 10.9. The van der Waals surface area contributed by atoms with Crippen molar-refractivity contribution in [1.82, 2.24) is 4.98 Å². The lowest BCUT2D eigenvalue weighted by molar-refractivity contribution is 0.0600. The van der Waals surface area contributed by atoms with Crippen LogP contribution in [0.15, 0.2) is 19.0 Å². The van der Waals surface area contributed by atoms with Gasteiger partial charge in [-0.2, -0.15) is 5.26 Å². The number of esters is 1. The van der Waals surface area contributed by atoms with Crippen molar-refractivity contribution < 1.29 is 9.53 Å². The molecule has 15 heavy (non-hydrogen) atoms. The second-order valence-electron chi connectivity index (χ2n) is 2.99. The first-order valence-electron chi connectivity index (χ1n) is 4.24. The minimum Gasteiger partial charge on any atom is -0.465 e. The summed E-state index contributed by atoms with van der Waals surface area (Å²) in [6, 6.07) is 1.97. The highest BCUT2D eigenvalue weighted by atomic mass is 16.5. The van der Waals surface area contributed by atoms with E-state index in [1.807, 2.05) is 6.07 Å². The summed E-state index contributed by atoms with van der Waals surface area (Å²) in [6.45, 7) is 5.45. The SMILES string of the molecule is C=C(C)c1c(C#N)cncc1C(=O)OC. The average Bonchev–Trinajstić information content (AvgIpc) is 2.26. The minimum atomic E-state index is -0.516. The number of nitriles is 1. The van der Waals surface area contributed by atoms with Gasteiger partial charge in [0, 0.05) is 18.0 Å². The standard InChI is InChI=1S/C11H10N2O2/c1-7(2)10-8(4-12)5-13-6-9(10)11(14)15-3/h5-6H,1H2,2-3H3. The van der Waals surface area contributed by atoms with Crippen molar-refractivity contribution in [2.24, 2.45) is 0 Å². The lowest BCUT2D eigenvalue weighted by Crippen LogP contribution is -2.07. The predicted octanol–water partition coefficient (Wildman–Crippen LogP) is 1.77. The van der Waals surface area contributed by atoms with Crippen LogP contribution in [0.4, 0.5) is 0 Å². The van der Waals surface area contributed by atoms with Crippen LogP contribution in [0.2, 0.25) is 0 Å². The van der Waals surface area contributed by atoms with E-state index in [0.717, 1.165) is 0 Å². The Balaban J connectivity index is 3.47. The van der Waals surface area contributed by atoms with Gasteiger partial charge in [0.1, 0.15) is 6.07 Å². The molecule has 0 aromatic carbocycles. The molecule has 0 unspecified atom stereocenters. The summed E-state index contributed by atoms with van der Waals surface area (Å²) in [7, 11) is 1.28. The van der Waals surface area contributed by atoms with Crippen molar-refractivity contribution in [2.75, 3.05) is 7.11 Å². The van der Waals surface area contributed by atoms with Crippen LogP contribution in [0.1, 0.15) is 28.4 Å². The summed E-state index contributed by atoms with van der Waals surface area (Å²) in [5, 5.41) is 8.86. The Hall–Kier alpha value is -2.15. The van der Waals surface area contributed by atoms with Gasteiger partial charge in [-0.25, -0.2) is 4.79 Å². The fourth-order valence-electron chi connectivity index (χ4n) is 1.27. The molecule has 0 saturated carbocycles. The van der Waals surface area contributed by atoms with Crippen molar-refractivity contribution in [1.29, 1.82) is 5.26 Å². The van der Waals surface area contributed by atoms with Crippen molar-refractivity contribution in [3.63, 3.8) is 0 Å². The molecular formula is C11H10N2O2. The number of aromatic nitrogens is 1. The average molecular weight is 202 g/mol. The van der Waals surface area contributed by atoms with E-state index < -0.39 is 5.97 Å². The van der Waals surface area contributed by atoms with E-state index >= 15 is 0 Å². The number of hydrogen-bond donors (Lipinski definition) is 0. The molecule has 1 aromatic heterocycles. The molecule has 4 heteroatoms. The molecule has 76 valence electrons. The van der Waals surface area contributed by atoms with Gasteiger partial charge in [0.25, 0.3) is 0 Å². The molecule has 1 heterocycles. The third-order valence-electron chi connectivity index (χ3n) is 1.90. The lowest BCUT2D eigenvalue weighted by Gasteiger charge is -2.07. The summed E-state index contributed by atoms with van der Waals surface area (Å²) in [4.78, 5) is 15.2. The number of carbonyl (C=O) groups excluding carboxylic acids is 1. The summed E-state index contributed by atoms with van der Waals surface area (Å²) in [6.07, 6.45) is 2.77. The maximum Gasteiger partial charge on any atom is 0.340 e. The highest BCUT2D eigenvalue weighted by Gasteiger charge is 2.16. The molecule has 0 amide bonds. The normalized spacial score (nSPS) is 9.13. The van der Waals surface area contributed by atoms with Gasteiger partial charge in [-0.1, -0.05) is 6.58 Å². The van der Waals surface area contributed by atoms with Gasteiger partial charge in [0.05, 0.1) is 18.2 Å². The van der Waals surface area contributed by atoms with E-state index in [-0.39, 0.29) is 5.56 Å². The van der Waals surface area contributed by atoms with E-state index in [9.17, 15) is 4.79 Å². The Morgan fingerprint density at radius 1 is 1.60 bits per heavy atom. The highest BCUT2D eigenvalue weighted by Crippen LogP contribution is 2.21. The largest absolute Gasteiger partial charge is 0.465 e.